The van der Waals surface area contributed by atoms with Crippen LogP contribution in [0.25, 0.3) is 0 Å². The van der Waals surface area contributed by atoms with Crippen molar-refractivity contribution >= 4 is 21.6 Å². The van der Waals surface area contributed by atoms with Crippen molar-refractivity contribution in [3.8, 4) is 0 Å². The third-order valence-electron chi connectivity index (χ3n) is 3.11. The minimum Gasteiger partial charge on any atom is -0.477 e. The molecule has 0 bridgehead atoms. The molecule has 1 aromatic heterocycles. The second-order valence-electron chi connectivity index (χ2n) is 4.49. The summed E-state index contributed by atoms with van der Waals surface area (Å²) in [6.07, 6.45) is 1.75. The zero-order valence-electron chi connectivity index (χ0n) is 9.79. The molecule has 2 rings (SSSR count). The van der Waals surface area contributed by atoms with Crippen LogP contribution in [0, 0.1) is 5.92 Å². The molecule has 1 N–H and O–H groups in total. The molecule has 1 aliphatic rings. The molecule has 1 fully saturated rings. The van der Waals surface area contributed by atoms with Gasteiger partial charge >= 0.3 is 5.97 Å². The van der Waals surface area contributed by atoms with Gasteiger partial charge in [-0.05, 0) is 12.5 Å². The molecule has 0 radical (unpaired) electrons. The molecule has 98 valence electrons. The molecule has 1 saturated heterocycles. The van der Waals surface area contributed by atoms with Crippen molar-refractivity contribution in [1.82, 2.24) is 4.57 Å². The van der Waals surface area contributed by atoms with E-state index in [0.717, 1.165) is 0 Å². The van der Waals surface area contributed by atoms with Gasteiger partial charge in [0, 0.05) is 24.7 Å². The van der Waals surface area contributed by atoms with Gasteiger partial charge in [-0.2, -0.15) is 0 Å². The molecule has 7 heteroatoms. The molecule has 6 nitrogen and oxygen atoms in total. The van der Waals surface area contributed by atoms with Crippen molar-refractivity contribution in [1.29, 1.82) is 0 Å². The number of ketones is 1. The smallest absolute Gasteiger partial charge is 0.352 e. The zero-order valence-corrected chi connectivity index (χ0v) is 10.6. The molecule has 1 aromatic rings. The van der Waals surface area contributed by atoms with Crippen molar-refractivity contribution in [2.45, 2.75) is 6.42 Å². The quantitative estimate of drug-likeness (QED) is 0.800. The van der Waals surface area contributed by atoms with Gasteiger partial charge in [0.15, 0.2) is 15.6 Å². The van der Waals surface area contributed by atoms with E-state index in [-0.39, 0.29) is 28.5 Å². The number of aromatic carboxylic acids is 1. The summed E-state index contributed by atoms with van der Waals surface area (Å²) in [4.78, 5) is 22.9. The molecule has 18 heavy (non-hydrogen) atoms. The highest BCUT2D eigenvalue weighted by molar-refractivity contribution is 7.91. The molecule has 0 amide bonds. The summed E-state index contributed by atoms with van der Waals surface area (Å²) in [5.74, 6) is -2.06. The van der Waals surface area contributed by atoms with Crippen LogP contribution in [0.4, 0.5) is 0 Å². The second-order valence-corrected chi connectivity index (χ2v) is 6.72. The van der Waals surface area contributed by atoms with Crippen LogP contribution in [-0.4, -0.2) is 41.3 Å². The Morgan fingerprint density at radius 1 is 1.44 bits per heavy atom. The minimum absolute atomic E-state index is 0.0132. The average molecular weight is 271 g/mol. The van der Waals surface area contributed by atoms with Crippen molar-refractivity contribution in [3.05, 3.63) is 23.5 Å². The Morgan fingerprint density at radius 3 is 2.56 bits per heavy atom. The number of carbonyl (C=O) groups is 2. The molecule has 1 atom stereocenters. The lowest BCUT2D eigenvalue weighted by Crippen LogP contribution is -2.15. The van der Waals surface area contributed by atoms with Gasteiger partial charge in [0.05, 0.1) is 11.5 Å². The molecular weight excluding hydrogens is 258 g/mol. The fourth-order valence-electron chi connectivity index (χ4n) is 2.15. The van der Waals surface area contributed by atoms with Gasteiger partial charge in [0.2, 0.25) is 0 Å². The van der Waals surface area contributed by atoms with Crippen molar-refractivity contribution in [3.63, 3.8) is 0 Å². The van der Waals surface area contributed by atoms with Crippen LogP contribution in [0.5, 0.6) is 0 Å². The lowest BCUT2D eigenvalue weighted by atomic mass is 9.99. The molecule has 2 heterocycles. The van der Waals surface area contributed by atoms with E-state index in [4.69, 9.17) is 5.11 Å². The topological polar surface area (TPSA) is 93.4 Å². The standard InChI is InChI=1S/C11H13NO5S/c1-12-5-8(4-9(12)11(14)15)10(13)7-2-3-18(16,17)6-7/h4-5,7H,2-3,6H2,1H3,(H,14,15). The number of nitrogens with zero attached hydrogens (tertiary/aromatic N) is 1. The first-order chi connectivity index (χ1) is 8.30. The largest absolute Gasteiger partial charge is 0.477 e. The van der Waals surface area contributed by atoms with E-state index in [2.05, 4.69) is 0 Å². The van der Waals surface area contributed by atoms with Gasteiger partial charge in [-0.3, -0.25) is 4.79 Å². The Hall–Kier alpha value is -1.63. The maximum absolute atomic E-state index is 12.1. The number of hydrogen-bond acceptors (Lipinski definition) is 4. The highest BCUT2D eigenvalue weighted by atomic mass is 32.2. The predicted molar refractivity (Wildman–Crippen MR) is 63.5 cm³/mol. The molecular formula is C11H13NO5S. The van der Waals surface area contributed by atoms with Crippen LogP contribution in [-0.2, 0) is 16.9 Å². The Morgan fingerprint density at radius 2 is 2.11 bits per heavy atom. The van der Waals surface area contributed by atoms with Gasteiger partial charge in [-0.25, -0.2) is 13.2 Å². The van der Waals surface area contributed by atoms with Gasteiger partial charge in [0.1, 0.15) is 5.69 Å². The third kappa shape index (κ3) is 2.31. The van der Waals surface area contributed by atoms with E-state index in [9.17, 15) is 18.0 Å². The number of sulfone groups is 1. The lowest BCUT2D eigenvalue weighted by Gasteiger charge is -2.03. The summed E-state index contributed by atoms with van der Waals surface area (Å²) in [5, 5.41) is 8.88. The first-order valence-corrected chi connectivity index (χ1v) is 7.26. The SMILES string of the molecule is Cn1cc(C(=O)C2CCS(=O)(=O)C2)cc1C(=O)O. The van der Waals surface area contributed by atoms with Gasteiger partial charge in [-0.1, -0.05) is 0 Å². The van der Waals surface area contributed by atoms with Crippen LogP contribution in [0.1, 0.15) is 27.3 Å². The first kappa shape index (κ1) is 12.8. The van der Waals surface area contributed by atoms with Crippen LogP contribution >= 0.6 is 0 Å². The maximum atomic E-state index is 12.1. The van der Waals surface area contributed by atoms with Crippen LogP contribution < -0.4 is 0 Å². The first-order valence-electron chi connectivity index (χ1n) is 5.44. The van der Waals surface area contributed by atoms with Crippen molar-refractivity contribution < 1.29 is 23.1 Å². The Bertz CT molecular complexity index is 613. The molecule has 1 aliphatic heterocycles. The third-order valence-corrected chi connectivity index (χ3v) is 4.88. The van der Waals surface area contributed by atoms with Crippen molar-refractivity contribution in [2.75, 3.05) is 11.5 Å². The number of hydrogen-bond donors (Lipinski definition) is 1. The van der Waals surface area contributed by atoms with Gasteiger partial charge < -0.3 is 9.67 Å². The van der Waals surface area contributed by atoms with E-state index < -0.39 is 21.7 Å². The van der Waals surface area contributed by atoms with E-state index in [1.807, 2.05) is 0 Å². The molecule has 0 spiro atoms. The highest BCUT2D eigenvalue weighted by Crippen LogP contribution is 2.23. The number of carboxylic acids is 1. The number of carbonyl (C=O) groups excluding carboxylic acids is 1. The number of aromatic nitrogens is 1. The minimum atomic E-state index is -3.11. The lowest BCUT2D eigenvalue weighted by molar-refractivity contribution is 0.0686. The highest BCUT2D eigenvalue weighted by Gasteiger charge is 2.34. The molecule has 1 unspecified atom stereocenters. The summed E-state index contributed by atoms with van der Waals surface area (Å²) in [6, 6.07) is 1.29. The van der Waals surface area contributed by atoms with E-state index in [0.29, 0.717) is 6.42 Å². The molecule has 0 aliphatic carbocycles. The van der Waals surface area contributed by atoms with Crippen LogP contribution in [0.3, 0.4) is 0 Å². The second kappa shape index (κ2) is 4.24. The number of carboxylic acid groups (broad SMARTS) is 1. The summed E-state index contributed by atoms with van der Waals surface area (Å²) >= 11 is 0. The van der Waals surface area contributed by atoms with Crippen LogP contribution in [0.2, 0.25) is 0 Å². The summed E-state index contributed by atoms with van der Waals surface area (Å²) in [6.45, 7) is 0. The van der Waals surface area contributed by atoms with E-state index in [1.54, 1.807) is 0 Å². The average Bonchev–Trinajstić information content (AvgIpc) is 2.80. The Labute approximate surface area is 104 Å². The monoisotopic (exact) mass is 271 g/mol. The van der Waals surface area contributed by atoms with Gasteiger partial charge in [0.25, 0.3) is 0 Å². The fraction of sp³-hybridized carbons (Fsp3) is 0.455. The van der Waals surface area contributed by atoms with Crippen molar-refractivity contribution in [2.24, 2.45) is 13.0 Å². The van der Waals surface area contributed by atoms with Crippen LogP contribution in [0.15, 0.2) is 12.3 Å². The summed E-state index contributed by atoms with van der Waals surface area (Å²) < 4.78 is 24.0. The predicted octanol–water partition coefficient (Wildman–Crippen LogP) is 0.341. The van der Waals surface area contributed by atoms with Gasteiger partial charge in [-0.15, -0.1) is 0 Å². The number of aryl methyl sites for hydroxylation is 1. The summed E-state index contributed by atoms with van der Waals surface area (Å²) in [7, 11) is -1.58. The summed E-state index contributed by atoms with van der Waals surface area (Å²) in [5.41, 5.74) is 0.274. The van der Waals surface area contributed by atoms with E-state index in [1.165, 1.54) is 23.9 Å². The molecule has 0 aromatic carbocycles. The Balaban J connectivity index is 2.25. The number of rotatable bonds is 3. The normalized spacial score (nSPS) is 21.9. The van der Waals surface area contributed by atoms with E-state index >= 15 is 0 Å². The fourth-order valence-corrected chi connectivity index (χ4v) is 3.89. The number of Topliss-reactive ketones (excluding diaryl/α,β-unsaturated/α-hetero) is 1. The maximum Gasteiger partial charge on any atom is 0.352 e. The zero-order chi connectivity index (χ0) is 13.5. The Kier molecular flexibility index (Phi) is 3.02. The molecule has 0 saturated carbocycles.